The molecule has 0 heterocycles. The summed E-state index contributed by atoms with van der Waals surface area (Å²) in [6.07, 6.45) is 4.24. The fraction of sp³-hybridized carbons (Fsp3) is 0.656. The first-order valence-electron chi connectivity index (χ1n) is 14.2. The van der Waals surface area contributed by atoms with E-state index in [1.165, 1.54) is 0 Å². The van der Waals surface area contributed by atoms with Crippen LogP contribution in [0.25, 0.3) is 0 Å². The quantitative estimate of drug-likeness (QED) is 0.0902. The molecule has 0 amide bonds. The number of ether oxygens (including phenoxy) is 2. The molecule has 0 aliphatic rings. The van der Waals surface area contributed by atoms with E-state index in [0.717, 1.165) is 11.3 Å². The van der Waals surface area contributed by atoms with Crippen molar-refractivity contribution >= 4 is 22.4 Å². The lowest BCUT2D eigenvalue weighted by molar-refractivity contribution is -0.126. The minimum atomic E-state index is -2.20. The minimum absolute atomic E-state index is 0.0223. The van der Waals surface area contributed by atoms with Crippen molar-refractivity contribution in [1.82, 2.24) is 0 Å². The Hall–Kier alpha value is -1.68. The van der Waals surface area contributed by atoms with Crippen LogP contribution in [0.1, 0.15) is 73.8 Å². The zero-order valence-electron chi connectivity index (χ0n) is 27.1. The Balaban J connectivity index is 3.24. The summed E-state index contributed by atoms with van der Waals surface area (Å²) < 4.78 is 24.7. The van der Waals surface area contributed by atoms with Crippen molar-refractivity contribution in [2.24, 2.45) is 5.92 Å². The van der Waals surface area contributed by atoms with Crippen LogP contribution in [-0.4, -0.2) is 41.7 Å². The average molecular weight is 577 g/mol. The van der Waals surface area contributed by atoms with Crippen molar-refractivity contribution in [2.75, 3.05) is 7.11 Å². The highest BCUT2D eigenvalue weighted by atomic mass is 28.4. The monoisotopic (exact) mass is 576 g/mol. The molecule has 0 bridgehead atoms. The van der Waals surface area contributed by atoms with Crippen LogP contribution in [0, 0.1) is 5.92 Å². The van der Waals surface area contributed by atoms with Crippen LogP contribution >= 0.6 is 0 Å². The van der Waals surface area contributed by atoms with Gasteiger partial charge in [0.25, 0.3) is 0 Å². The van der Waals surface area contributed by atoms with Crippen LogP contribution in [0.5, 0.6) is 5.75 Å². The molecule has 0 radical (unpaired) electrons. The van der Waals surface area contributed by atoms with Gasteiger partial charge in [0.2, 0.25) is 5.78 Å². The Bertz CT molecular complexity index is 952. The Kier molecular flexibility index (Phi) is 13.0. The fourth-order valence-corrected chi connectivity index (χ4v) is 6.19. The van der Waals surface area contributed by atoms with Crippen LogP contribution in [0.4, 0.5) is 0 Å². The first-order valence-corrected chi connectivity index (χ1v) is 20.0. The number of Topliss-reactive ketones (excluding diaryl/α,β-unsaturated/α-hetero) is 1. The summed E-state index contributed by atoms with van der Waals surface area (Å²) in [6, 6.07) is 7.69. The molecule has 0 aliphatic carbocycles. The number of allylic oxidation sites excluding steroid dienone is 1. The molecule has 222 valence electrons. The molecular weight excluding hydrogens is 521 g/mol. The molecule has 0 saturated carbocycles. The topological polar surface area (TPSA) is 54.0 Å². The van der Waals surface area contributed by atoms with E-state index < -0.39 is 22.7 Å². The molecule has 1 aromatic carbocycles. The molecule has 0 fully saturated rings. The average Bonchev–Trinajstić information content (AvgIpc) is 2.81. The highest BCUT2D eigenvalue weighted by Crippen LogP contribution is 2.39. The minimum Gasteiger partial charge on any atom is -0.497 e. The molecule has 1 rings (SSSR count). The number of ketones is 1. The molecule has 3 atom stereocenters. The summed E-state index contributed by atoms with van der Waals surface area (Å²) in [5, 5.41) is 0.115. The predicted molar refractivity (Wildman–Crippen MR) is 169 cm³/mol. The van der Waals surface area contributed by atoms with Gasteiger partial charge in [0, 0.05) is 6.10 Å². The van der Waals surface area contributed by atoms with Crippen molar-refractivity contribution in [3.05, 3.63) is 54.3 Å². The van der Waals surface area contributed by atoms with Crippen molar-refractivity contribution < 1.29 is 23.1 Å². The van der Waals surface area contributed by atoms with Gasteiger partial charge in [-0.15, -0.1) is 6.58 Å². The molecule has 0 aliphatic heterocycles. The standard InChI is InChI=1S/C32H56O5Si2/c1-15-16-29(37-39(13,14)32(7,8)9)30(33)28(35-23-26-18-20-27(34-10)21-19-26)22-17-24(2)25(3)36-38(11,12)31(4,5)6/h15,18-22,24-25,29H,1,16-17,23H2,2-14H3/t24-,25-,29+/m1/s1. The Morgan fingerprint density at radius 3 is 1.87 bits per heavy atom. The van der Waals surface area contributed by atoms with Gasteiger partial charge in [-0.05, 0) is 85.7 Å². The lowest BCUT2D eigenvalue weighted by atomic mass is 10.0. The van der Waals surface area contributed by atoms with Gasteiger partial charge in [-0.1, -0.05) is 66.7 Å². The smallest absolute Gasteiger partial charge is 0.224 e. The van der Waals surface area contributed by atoms with E-state index in [4.69, 9.17) is 18.3 Å². The molecular formula is C32H56O5Si2. The number of benzene rings is 1. The van der Waals surface area contributed by atoms with E-state index in [0.29, 0.717) is 18.6 Å². The number of rotatable bonds is 15. The highest BCUT2D eigenvalue weighted by molar-refractivity contribution is 6.74. The maximum atomic E-state index is 13.9. The largest absolute Gasteiger partial charge is 0.497 e. The first kappa shape index (κ1) is 35.4. The highest BCUT2D eigenvalue weighted by Gasteiger charge is 2.41. The summed E-state index contributed by atoms with van der Waals surface area (Å²) in [5.41, 5.74) is 0.961. The number of methoxy groups -OCH3 is 1. The Morgan fingerprint density at radius 2 is 1.41 bits per heavy atom. The third-order valence-electron chi connectivity index (χ3n) is 8.48. The van der Waals surface area contributed by atoms with E-state index in [9.17, 15) is 4.79 Å². The maximum absolute atomic E-state index is 13.9. The van der Waals surface area contributed by atoms with Gasteiger partial charge < -0.3 is 18.3 Å². The van der Waals surface area contributed by atoms with Crippen LogP contribution in [0.2, 0.25) is 36.3 Å². The number of carbonyl (C=O) groups excluding carboxylic acids is 1. The van der Waals surface area contributed by atoms with E-state index in [2.05, 4.69) is 88.2 Å². The molecule has 1 aromatic rings. The van der Waals surface area contributed by atoms with Crippen molar-refractivity contribution in [3.63, 3.8) is 0 Å². The summed E-state index contributed by atoms with van der Waals surface area (Å²) in [7, 11) is -2.46. The number of hydrogen-bond acceptors (Lipinski definition) is 5. The Labute approximate surface area is 241 Å². The summed E-state index contributed by atoms with van der Waals surface area (Å²) in [4.78, 5) is 13.9. The van der Waals surface area contributed by atoms with E-state index in [1.807, 2.05) is 30.3 Å². The fourth-order valence-electron chi connectivity index (χ4n) is 3.41. The van der Waals surface area contributed by atoms with Crippen LogP contribution in [0.3, 0.4) is 0 Å². The third-order valence-corrected chi connectivity index (χ3v) is 17.5. The molecule has 0 spiro atoms. The van der Waals surface area contributed by atoms with Crippen molar-refractivity contribution in [3.8, 4) is 5.75 Å². The summed E-state index contributed by atoms with van der Waals surface area (Å²) >= 11 is 0. The van der Waals surface area contributed by atoms with Gasteiger partial charge in [0.1, 0.15) is 18.5 Å². The predicted octanol–water partition coefficient (Wildman–Crippen LogP) is 9.07. The molecule has 0 unspecified atom stereocenters. The maximum Gasteiger partial charge on any atom is 0.224 e. The lowest BCUT2D eigenvalue weighted by Crippen LogP contribution is -2.46. The molecule has 39 heavy (non-hydrogen) atoms. The van der Waals surface area contributed by atoms with Gasteiger partial charge in [0.15, 0.2) is 22.4 Å². The number of carbonyl (C=O) groups is 1. The second-order valence-corrected chi connectivity index (χ2v) is 23.3. The van der Waals surface area contributed by atoms with Crippen molar-refractivity contribution in [2.45, 2.75) is 123 Å². The van der Waals surface area contributed by atoms with Gasteiger partial charge in [-0.2, -0.15) is 0 Å². The van der Waals surface area contributed by atoms with E-state index >= 15 is 0 Å². The lowest BCUT2D eigenvalue weighted by Gasteiger charge is -2.40. The van der Waals surface area contributed by atoms with Gasteiger partial charge in [0.05, 0.1) is 7.11 Å². The van der Waals surface area contributed by atoms with E-state index in [-0.39, 0.29) is 34.5 Å². The summed E-state index contributed by atoms with van der Waals surface area (Å²) in [5.74, 6) is 1.22. The first-order chi connectivity index (χ1) is 17.8. The zero-order chi connectivity index (χ0) is 30.2. The third kappa shape index (κ3) is 10.7. The molecule has 5 nitrogen and oxygen atoms in total. The zero-order valence-corrected chi connectivity index (χ0v) is 29.1. The second-order valence-electron chi connectivity index (χ2n) is 13.8. The van der Waals surface area contributed by atoms with Gasteiger partial charge in [-0.3, -0.25) is 4.79 Å². The SMILES string of the molecule is C=CC[C@H](O[Si](C)(C)C(C)(C)C)C(=O)C(=CC[C@@H](C)[C@@H](C)O[Si](C)(C)C(C)(C)C)OCc1ccc(OC)cc1. The second kappa shape index (κ2) is 14.3. The molecule has 7 heteroatoms. The van der Waals surface area contributed by atoms with Gasteiger partial charge in [-0.25, -0.2) is 0 Å². The van der Waals surface area contributed by atoms with Crippen LogP contribution in [0.15, 0.2) is 48.8 Å². The van der Waals surface area contributed by atoms with Crippen LogP contribution < -0.4 is 4.74 Å². The van der Waals surface area contributed by atoms with Gasteiger partial charge >= 0.3 is 0 Å². The normalized spacial score (nSPS) is 15.9. The molecule has 0 N–H and O–H groups in total. The Morgan fingerprint density at radius 1 is 0.897 bits per heavy atom. The van der Waals surface area contributed by atoms with E-state index in [1.54, 1.807) is 13.2 Å². The number of hydrogen-bond donors (Lipinski definition) is 0. The van der Waals surface area contributed by atoms with Crippen LogP contribution in [-0.2, 0) is 25.0 Å². The molecule has 0 saturated heterocycles. The molecule has 0 aromatic heterocycles. The van der Waals surface area contributed by atoms with Crippen molar-refractivity contribution in [1.29, 1.82) is 0 Å². The summed E-state index contributed by atoms with van der Waals surface area (Å²) in [6.45, 7) is 30.7.